The van der Waals surface area contributed by atoms with Crippen molar-refractivity contribution in [3.05, 3.63) is 89.1 Å². The van der Waals surface area contributed by atoms with Gasteiger partial charge in [-0.3, -0.25) is 9.59 Å². The molecule has 3 aromatic carbocycles. The van der Waals surface area contributed by atoms with Crippen LogP contribution in [0.2, 0.25) is 0 Å². The molecule has 0 fully saturated rings. The number of hydrogen-bond donors (Lipinski definition) is 1. The summed E-state index contributed by atoms with van der Waals surface area (Å²) in [6.07, 6.45) is 0. The molecule has 3 aromatic rings. The molecule has 0 bridgehead atoms. The Bertz CT molecular complexity index is 1230. The van der Waals surface area contributed by atoms with Crippen molar-refractivity contribution < 1.29 is 19.1 Å². The van der Waals surface area contributed by atoms with Gasteiger partial charge in [0, 0.05) is 5.69 Å². The first-order chi connectivity index (χ1) is 15.5. The van der Waals surface area contributed by atoms with Crippen molar-refractivity contribution in [1.29, 1.82) is 0 Å². The minimum atomic E-state index is -0.410. The molecule has 0 atom stereocenters. The summed E-state index contributed by atoms with van der Waals surface area (Å²) >= 11 is 0. The molecule has 0 radical (unpaired) electrons. The van der Waals surface area contributed by atoms with Gasteiger partial charge in [0.25, 0.3) is 11.8 Å². The SMILES string of the molecule is COc1ccc(C2=C(Nc3cccc(C)c3C)C(=O)N(c3ccccc3)C2=O)cc1OC. The fourth-order valence-corrected chi connectivity index (χ4v) is 3.74. The summed E-state index contributed by atoms with van der Waals surface area (Å²) in [4.78, 5) is 28.3. The predicted octanol–water partition coefficient (Wildman–Crippen LogP) is 4.72. The quantitative estimate of drug-likeness (QED) is 0.576. The maximum Gasteiger partial charge on any atom is 0.282 e. The summed E-state index contributed by atoms with van der Waals surface area (Å²) in [5.74, 6) is 0.202. The van der Waals surface area contributed by atoms with Crippen molar-refractivity contribution in [2.75, 3.05) is 24.4 Å². The molecule has 2 amide bonds. The first-order valence-corrected chi connectivity index (χ1v) is 10.2. The lowest BCUT2D eigenvalue weighted by Gasteiger charge is -2.16. The summed E-state index contributed by atoms with van der Waals surface area (Å²) in [5, 5.41) is 3.24. The lowest BCUT2D eigenvalue weighted by atomic mass is 10.0. The lowest BCUT2D eigenvalue weighted by Crippen LogP contribution is -2.32. The van der Waals surface area contributed by atoms with Gasteiger partial charge in [-0.15, -0.1) is 0 Å². The molecule has 0 saturated carbocycles. The van der Waals surface area contributed by atoms with Crippen LogP contribution in [0.15, 0.2) is 72.4 Å². The van der Waals surface area contributed by atoms with Crippen LogP contribution in [0.4, 0.5) is 11.4 Å². The number of amides is 2. The first-order valence-electron chi connectivity index (χ1n) is 10.2. The smallest absolute Gasteiger partial charge is 0.282 e. The molecule has 1 aliphatic rings. The second-order valence-electron chi connectivity index (χ2n) is 7.47. The maximum atomic E-state index is 13.6. The Morgan fingerprint density at radius 2 is 1.50 bits per heavy atom. The zero-order chi connectivity index (χ0) is 22.8. The number of hydrogen-bond acceptors (Lipinski definition) is 5. The Balaban J connectivity index is 1.88. The van der Waals surface area contributed by atoms with Crippen molar-refractivity contribution in [3.8, 4) is 11.5 Å². The molecule has 4 rings (SSSR count). The minimum absolute atomic E-state index is 0.222. The number of anilines is 2. The largest absolute Gasteiger partial charge is 0.493 e. The van der Waals surface area contributed by atoms with Gasteiger partial charge in [0.15, 0.2) is 11.5 Å². The molecule has 6 nitrogen and oxygen atoms in total. The average Bonchev–Trinajstić information content (AvgIpc) is 3.06. The van der Waals surface area contributed by atoms with E-state index < -0.39 is 11.8 Å². The third-order valence-electron chi connectivity index (χ3n) is 5.63. The molecule has 1 heterocycles. The standard InChI is InChI=1S/C26H24N2O4/c1-16-9-8-12-20(17(16)2)27-24-23(18-13-14-21(31-3)22(15-18)32-4)25(29)28(26(24)30)19-10-6-5-7-11-19/h5-15,27H,1-4H3. The van der Waals surface area contributed by atoms with Crippen LogP contribution in [0.3, 0.4) is 0 Å². The number of nitrogens with one attached hydrogen (secondary N) is 1. The van der Waals surface area contributed by atoms with Crippen LogP contribution in [0, 0.1) is 13.8 Å². The Morgan fingerprint density at radius 3 is 2.19 bits per heavy atom. The zero-order valence-corrected chi connectivity index (χ0v) is 18.4. The van der Waals surface area contributed by atoms with Gasteiger partial charge < -0.3 is 14.8 Å². The van der Waals surface area contributed by atoms with Crippen molar-refractivity contribution in [1.82, 2.24) is 0 Å². The molecule has 162 valence electrons. The fourth-order valence-electron chi connectivity index (χ4n) is 3.74. The topological polar surface area (TPSA) is 67.9 Å². The van der Waals surface area contributed by atoms with Crippen LogP contribution in [0.25, 0.3) is 5.57 Å². The zero-order valence-electron chi connectivity index (χ0n) is 18.4. The third-order valence-corrected chi connectivity index (χ3v) is 5.63. The van der Waals surface area contributed by atoms with Crippen molar-refractivity contribution in [3.63, 3.8) is 0 Å². The molecule has 0 aromatic heterocycles. The summed E-state index contributed by atoms with van der Waals surface area (Å²) in [6.45, 7) is 3.98. The van der Waals surface area contributed by atoms with E-state index in [2.05, 4.69) is 5.32 Å². The maximum absolute atomic E-state index is 13.6. The first kappa shape index (κ1) is 21.2. The number of benzene rings is 3. The minimum Gasteiger partial charge on any atom is -0.493 e. The molecular formula is C26H24N2O4. The second-order valence-corrected chi connectivity index (χ2v) is 7.47. The van der Waals surface area contributed by atoms with Crippen LogP contribution in [0.1, 0.15) is 16.7 Å². The Hall–Kier alpha value is -4.06. The lowest BCUT2D eigenvalue weighted by molar-refractivity contribution is -0.120. The summed E-state index contributed by atoms with van der Waals surface area (Å²) < 4.78 is 10.7. The fraction of sp³-hybridized carbons (Fsp3) is 0.154. The molecule has 0 saturated heterocycles. The molecule has 6 heteroatoms. The Morgan fingerprint density at radius 1 is 0.781 bits per heavy atom. The van der Waals surface area contributed by atoms with E-state index in [1.54, 1.807) is 49.6 Å². The summed E-state index contributed by atoms with van der Waals surface area (Å²) in [6, 6.07) is 19.9. The van der Waals surface area contributed by atoms with E-state index in [0.29, 0.717) is 22.7 Å². The van der Waals surface area contributed by atoms with Crippen LogP contribution in [0.5, 0.6) is 11.5 Å². The van der Waals surface area contributed by atoms with Gasteiger partial charge in [0.1, 0.15) is 5.70 Å². The van der Waals surface area contributed by atoms with E-state index >= 15 is 0 Å². The van der Waals surface area contributed by atoms with Gasteiger partial charge in [-0.2, -0.15) is 0 Å². The van der Waals surface area contributed by atoms with Crippen molar-refractivity contribution in [2.45, 2.75) is 13.8 Å². The molecule has 32 heavy (non-hydrogen) atoms. The van der Waals surface area contributed by atoms with Crippen molar-refractivity contribution >= 4 is 28.8 Å². The number of methoxy groups -OCH3 is 2. The van der Waals surface area contributed by atoms with Gasteiger partial charge in [0.05, 0.1) is 25.5 Å². The molecular weight excluding hydrogens is 404 g/mol. The number of ether oxygens (including phenoxy) is 2. The second kappa shape index (κ2) is 8.59. The molecule has 1 aliphatic heterocycles. The van der Waals surface area contributed by atoms with E-state index in [1.165, 1.54) is 12.0 Å². The summed E-state index contributed by atoms with van der Waals surface area (Å²) in [5.41, 5.74) is 4.44. The van der Waals surface area contributed by atoms with E-state index in [0.717, 1.165) is 16.8 Å². The van der Waals surface area contributed by atoms with Gasteiger partial charge >= 0.3 is 0 Å². The molecule has 1 N–H and O–H groups in total. The number of para-hydroxylation sites is 1. The number of imide groups is 1. The number of carbonyl (C=O) groups is 2. The van der Waals surface area contributed by atoms with Crippen molar-refractivity contribution in [2.24, 2.45) is 0 Å². The van der Waals surface area contributed by atoms with Crippen LogP contribution in [-0.2, 0) is 9.59 Å². The Labute approximate surface area is 187 Å². The third kappa shape index (κ3) is 3.60. The van der Waals surface area contributed by atoms with Crippen LogP contribution < -0.4 is 19.7 Å². The average molecular weight is 428 g/mol. The van der Waals surface area contributed by atoms with Crippen LogP contribution in [-0.4, -0.2) is 26.0 Å². The summed E-state index contributed by atoms with van der Waals surface area (Å²) in [7, 11) is 3.08. The highest BCUT2D eigenvalue weighted by Crippen LogP contribution is 2.37. The van der Waals surface area contributed by atoms with E-state index in [1.807, 2.05) is 38.1 Å². The highest BCUT2D eigenvalue weighted by Gasteiger charge is 2.40. The monoisotopic (exact) mass is 428 g/mol. The van der Waals surface area contributed by atoms with Gasteiger partial charge in [-0.25, -0.2) is 4.90 Å². The normalized spacial score (nSPS) is 13.6. The van der Waals surface area contributed by atoms with E-state index in [9.17, 15) is 9.59 Å². The Kier molecular flexibility index (Phi) is 5.69. The molecule has 0 unspecified atom stereocenters. The number of nitrogens with zero attached hydrogens (tertiary/aromatic N) is 1. The molecule has 0 spiro atoms. The highest BCUT2D eigenvalue weighted by atomic mass is 16.5. The molecule has 0 aliphatic carbocycles. The highest BCUT2D eigenvalue weighted by molar-refractivity contribution is 6.46. The van der Waals surface area contributed by atoms with Gasteiger partial charge in [-0.1, -0.05) is 36.4 Å². The van der Waals surface area contributed by atoms with E-state index in [4.69, 9.17) is 9.47 Å². The van der Waals surface area contributed by atoms with E-state index in [-0.39, 0.29) is 11.3 Å². The number of aryl methyl sites for hydroxylation is 1. The number of carbonyl (C=O) groups excluding carboxylic acids is 2. The predicted molar refractivity (Wildman–Crippen MR) is 125 cm³/mol. The van der Waals surface area contributed by atoms with Gasteiger partial charge in [0.2, 0.25) is 0 Å². The number of rotatable bonds is 6. The van der Waals surface area contributed by atoms with Crippen LogP contribution >= 0.6 is 0 Å². The van der Waals surface area contributed by atoms with Gasteiger partial charge in [-0.05, 0) is 60.9 Å².